The number of isothiocyanates is 1. The van der Waals surface area contributed by atoms with Gasteiger partial charge in [0, 0.05) is 0 Å². The lowest BCUT2D eigenvalue weighted by atomic mass is 10.3. The summed E-state index contributed by atoms with van der Waals surface area (Å²) in [5.74, 6) is 0.462. The molecule has 1 aromatic heterocycles. The van der Waals surface area contributed by atoms with E-state index in [1.54, 1.807) is 6.07 Å². The number of aromatic nitrogens is 2. The Balaban J connectivity index is 3.19. The lowest BCUT2D eigenvalue weighted by Crippen LogP contribution is -1.84. The van der Waals surface area contributed by atoms with E-state index in [1.165, 1.54) is 0 Å². The second-order valence-corrected chi connectivity index (χ2v) is 2.45. The van der Waals surface area contributed by atoms with Gasteiger partial charge in [0.05, 0.1) is 5.16 Å². The molecule has 11 heavy (non-hydrogen) atoms. The standard InChI is InChI=1S/C6H4ClN3S/c1-4-2-5(7)9-10-6(4)8-3-11/h2H,1H3. The largest absolute Gasteiger partial charge is 0.187 e. The second-order valence-electron chi connectivity index (χ2n) is 1.88. The van der Waals surface area contributed by atoms with Crippen LogP contribution in [0.4, 0.5) is 5.82 Å². The maximum Gasteiger partial charge on any atom is 0.187 e. The van der Waals surface area contributed by atoms with Crippen LogP contribution in [-0.2, 0) is 0 Å². The monoisotopic (exact) mass is 185 g/mol. The number of aliphatic imine (C=N–C) groups is 1. The summed E-state index contributed by atoms with van der Waals surface area (Å²) >= 11 is 9.96. The van der Waals surface area contributed by atoms with E-state index in [9.17, 15) is 0 Å². The van der Waals surface area contributed by atoms with Crippen LogP contribution >= 0.6 is 23.8 Å². The molecule has 0 atom stereocenters. The van der Waals surface area contributed by atoms with Crippen LogP contribution in [0.15, 0.2) is 11.1 Å². The number of rotatable bonds is 1. The summed E-state index contributed by atoms with van der Waals surface area (Å²) in [5.41, 5.74) is 0.836. The smallest absolute Gasteiger partial charge is 0.172 e. The summed E-state index contributed by atoms with van der Waals surface area (Å²) in [6, 6.07) is 1.67. The summed E-state index contributed by atoms with van der Waals surface area (Å²) < 4.78 is 0. The van der Waals surface area contributed by atoms with Crippen molar-refractivity contribution >= 4 is 34.8 Å². The van der Waals surface area contributed by atoms with Crippen molar-refractivity contribution in [2.24, 2.45) is 4.99 Å². The zero-order valence-corrected chi connectivity index (χ0v) is 7.28. The van der Waals surface area contributed by atoms with Gasteiger partial charge in [0.25, 0.3) is 0 Å². The average molecular weight is 186 g/mol. The first kappa shape index (κ1) is 8.27. The molecule has 0 aromatic carbocycles. The molecule has 0 saturated heterocycles. The Kier molecular flexibility index (Phi) is 2.65. The molecule has 1 heterocycles. The highest BCUT2D eigenvalue weighted by atomic mass is 35.5. The molecule has 56 valence electrons. The van der Waals surface area contributed by atoms with Gasteiger partial charge >= 0.3 is 0 Å². The molecule has 0 unspecified atom stereocenters. The van der Waals surface area contributed by atoms with Gasteiger partial charge in [-0.2, -0.15) is 4.99 Å². The number of hydrogen-bond donors (Lipinski definition) is 0. The normalized spacial score (nSPS) is 8.91. The third-order valence-corrected chi connectivity index (χ3v) is 1.36. The minimum absolute atomic E-state index is 0.353. The molecule has 0 bridgehead atoms. The zero-order valence-electron chi connectivity index (χ0n) is 5.71. The van der Waals surface area contributed by atoms with E-state index in [2.05, 4.69) is 32.6 Å². The SMILES string of the molecule is Cc1cc(Cl)nnc1N=C=S. The Morgan fingerprint density at radius 1 is 1.64 bits per heavy atom. The fourth-order valence-electron chi connectivity index (χ4n) is 0.600. The average Bonchev–Trinajstić information content (AvgIpc) is 1.95. The van der Waals surface area contributed by atoms with E-state index < -0.39 is 0 Å². The van der Waals surface area contributed by atoms with Crippen LogP contribution in [0.3, 0.4) is 0 Å². The van der Waals surface area contributed by atoms with E-state index in [0.29, 0.717) is 11.0 Å². The van der Waals surface area contributed by atoms with Crippen LogP contribution in [0.25, 0.3) is 0 Å². The van der Waals surface area contributed by atoms with Crippen molar-refractivity contribution in [2.75, 3.05) is 0 Å². The Hall–Kier alpha value is -0.830. The quantitative estimate of drug-likeness (QED) is 0.497. The van der Waals surface area contributed by atoms with Crippen LogP contribution in [0.5, 0.6) is 0 Å². The maximum atomic E-state index is 5.56. The van der Waals surface area contributed by atoms with Gasteiger partial charge in [0.2, 0.25) is 0 Å². The van der Waals surface area contributed by atoms with Crippen molar-refractivity contribution in [1.82, 2.24) is 10.2 Å². The zero-order chi connectivity index (χ0) is 8.27. The fraction of sp³-hybridized carbons (Fsp3) is 0.167. The molecule has 0 saturated carbocycles. The van der Waals surface area contributed by atoms with Gasteiger partial charge in [-0.15, -0.1) is 10.2 Å². The summed E-state index contributed by atoms with van der Waals surface area (Å²) in [7, 11) is 0. The molecule has 1 rings (SSSR count). The van der Waals surface area contributed by atoms with E-state index in [0.717, 1.165) is 5.56 Å². The maximum absolute atomic E-state index is 5.56. The van der Waals surface area contributed by atoms with Gasteiger partial charge in [-0.3, -0.25) is 0 Å². The van der Waals surface area contributed by atoms with Crippen molar-refractivity contribution in [1.29, 1.82) is 0 Å². The molecule has 3 nitrogen and oxygen atoms in total. The lowest BCUT2D eigenvalue weighted by Gasteiger charge is -1.94. The van der Waals surface area contributed by atoms with E-state index in [4.69, 9.17) is 11.6 Å². The predicted octanol–water partition coefficient (Wildman–Crippen LogP) is 2.17. The number of hydrogen-bond acceptors (Lipinski definition) is 4. The number of aryl methyl sites for hydroxylation is 1. The Labute approximate surface area is 74.1 Å². The highest BCUT2D eigenvalue weighted by Crippen LogP contribution is 2.15. The molecule has 0 aliphatic heterocycles. The van der Waals surface area contributed by atoms with Crippen LogP contribution in [0.2, 0.25) is 5.15 Å². The Bertz CT molecular complexity index is 320. The molecule has 0 radical (unpaired) electrons. The second kappa shape index (κ2) is 3.53. The van der Waals surface area contributed by atoms with Gasteiger partial charge in [-0.25, -0.2) is 0 Å². The fourth-order valence-corrected chi connectivity index (χ4v) is 0.888. The van der Waals surface area contributed by atoms with Gasteiger partial charge in [-0.05, 0) is 30.8 Å². The molecule has 0 amide bonds. The van der Waals surface area contributed by atoms with Gasteiger partial charge in [0.1, 0.15) is 0 Å². The molecule has 0 aliphatic carbocycles. The molecule has 0 spiro atoms. The van der Waals surface area contributed by atoms with Gasteiger partial charge in [0.15, 0.2) is 11.0 Å². The first-order chi connectivity index (χ1) is 5.24. The van der Waals surface area contributed by atoms with Crippen molar-refractivity contribution < 1.29 is 0 Å². The molecule has 0 fully saturated rings. The van der Waals surface area contributed by atoms with Crippen molar-refractivity contribution in [3.05, 3.63) is 16.8 Å². The van der Waals surface area contributed by atoms with Gasteiger partial charge < -0.3 is 0 Å². The third kappa shape index (κ3) is 2.05. The summed E-state index contributed by atoms with van der Waals surface area (Å²) in [4.78, 5) is 3.68. The minimum Gasteiger partial charge on any atom is -0.172 e. The number of thiocarbonyl (C=S) groups is 1. The highest BCUT2D eigenvalue weighted by molar-refractivity contribution is 7.78. The number of nitrogens with zero attached hydrogens (tertiary/aromatic N) is 3. The first-order valence-electron chi connectivity index (χ1n) is 2.81. The van der Waals surface area contributed by atoms with Crippen LogP contribution < -0.4 is 0 Å². The Morgan fingerprint density at radius 3 is 2.91 bits per heavy atom. The van der Waals surface area contributed by atoms with E-state index in [-0.39, 0.29) is 0 Å². The Morgan fingerprint density at radius 2 is 2.36 bits per heavy atom. The van der Waals surface area contributed by atoms with Crippen LogP contribution in [-0.4, -0.2) is 15.4 Å². The van der Waals surface area contributed by atoms with Crippen molar-refractivity contribution in [2.45, 2.75) is 6.92 Å². The first-order valence-corrected chi connectivity index (χ1v) is 3.60. The molecular formula is C6H4ClN3S. The molecule has 0 N–H and O–H groups in total. The predicted molar refractivity (Wildman–Crippen MR) is 46.5 cm³/mol. The molecule has 0 aliphatic rings. The molecule has 5 heteroatoms. The summed E-state index contributed by atoms with van der Waals surface area (Å²) in [5, 5.41) is 9.84. The summed E-state index contributed by atoms with van der Waals surface area (Å²) in [6.45, 7) is 1.83. The van der Waals surface area contributed by atoms with E-state index in [1.807, 2.05) is 6.92 Å². The number of halogens is 1. The third-order valence-electron chi connectivity index (χ3n) is 1.08. The minimum atomic E-state index is 0.353. The van der Waals surface area contributed by atoms with Crippen molar-refractivity contribution in [3.8, 4) is 0 Å². The van der Waals surface area contributed by atoms with Crippen molar-refractivity contribution in [3.63, 3.8) is 0 Å². The molecule has 1 aromatic rings. The van der Waals surface area contributed by atoms with Gasteiger partial charge in [-0.1, -0.05) is 11.6 Å². The highest BCUT2D eigenvalue weighted by Gasteiger charge is 1.98. The van der Waals surface area contributed by atoms with Crippen LogP contribution in [0, 0.1) is 6.92 Å². The van der Waals surface area contributed by atoms with Crippen LogP contribution in [0.1, 0.15) is 5.56 Å². The topological polar surface area (TPSA) is 38.1 Å². The summed E-state index contributed by atoms with van der Waals surface area (Å²) in [6.07, 6.45) is 0. The van der Waals surface area contributed by atoms with E-state index >= 15 is 0 Å². The lowest BCUT2D eigenvalue weighted by molar-refractivity contribution is 1.01. The molecular weight excluding hydrogens is 182 g/mol.